The van der Waals surface area contributed by atoms with Crippen LogP contribution in [0.3, 0.4) is 0 Å². The Bertz CT molecular complexity index is 526. The largest absolute Gasteiger partial charge is 0.467 e. The van der Waals surface area contributed by atoms with Gasteiger partial charge >= 0.3 is 5.97 Å². The molecule has 6 heteroatoms. The number of hydrogen-bond donors (Lipinski definition) is 0. The summed E-state index contributed by atoms with van der Waals surface area (Å²) >= 11 is 4.94. The molecule has 1 aromatic heterocycles. The third kappa shape index (κ3) is 3.70. The molecule has 0 spiro atoms. The number of halogens is 1. The van der Waals surface area contributed by atoms with Crippen molar-refractivity contribution in [3.05, 3.63) is 26.9 Å². The molecule has 4 nitrogen and oxygen atoms in total. The second kappa shape index (κ2) is 7.04. The molecule has 0 aromatic carbocycles. The summed E-state index contributed by atoms with van der Waals surface area (Å²) in [5.74, 6) is -0.463. The van der Waals surface area contributed by atoms with Gasteiger partial charge in [-0.15, -0.1) is 11.3 Å². The first-order valence-corrected chi connectivity index (χ1v) is 8.04. The smallest absolute Gasteiger partial charge is 0.328 e. The van der Waals surface area contributed by atoms with Crippen molar-refractivity contribution >= 4 is 45.2 Å². The molecule has 1 atom stereocenters. The monoisotopic (exact) mass is 357 g/mol. The lowest BCUT2D eigenvalue weighted by atomic mass is 10.0. The maximum Gasteiger partial charge on any atom is 0.328 e. The van der Waals surface area contributed by atoms with Crippen LogP contribution in [0.15, 0.2) is 22.0 Å². The number of methoxy groups -OCH3 is 1. The second-order valence-corrected chi connectivity index (χ2v) is 7.04. The van der Waals surface area contributed by atoms with Gasteiger partial charge < -0.3 is 9.64 Å². The lowest BCUT2D eigenvalue weighted by Crippen LogP contribution is -2.47. The van der Waals surface area contributed by atoms with Crippen molar-refractivity contribution < 1.29 is 14.3 Å². The highest BCUT2D eigenvalue weighted by molar-refractivity contribution is 9.11. The molecule has 2 heterocycles. The molecule has 1 aromatic rings. The normalized spacial score (nSPS) is 19.3. The molecule has 1 aliphatic heterocycles. The van der Waals surface area contributed by atoms with Crippen LogP contribution >= 0.6 is 27.3 Å². The van der Waals surface area contributed by atoms with E-state index in [-0.39, 0.29) is 11.9 Å². The summed E-state index contributed by atoms with van der Waals surface area (Å²) < 4.78 is 5.80. The van der Waals surface area contributed by atoms with E-state index >= 15 is 0 Å². The van der Waals surface area contributed by atoms with E-state index in [4.69, 9.17) is 4.74 Å². The molecular formula is C14H16BrNO3S. The quantitative estimate of drug-likeness (QED) is 0.616. The molecule has 20 heavy (non-hydrogen) atoms. The zero-order valence-electron chi connectivity index (χ0n) is 11.2. The van der Waals surface area contributed by atoms with Crippen LogP contribution in [0.2, 0.25) is 0 Å². The van der Waals surface area contributed by atoms with E-state index in [0.29, 0.717) is 13.0 Å². The number of likely N-dealkylation sites (tertiary alicyclic amines) is 1. The van der Waals surface area contributed by atoms with Crippen LogP contribution in [0.4, 0.5) is 0 Å². The van der Waals surface area contributed by atoms with Gasteiger partial charge in [0.15, 0.2) is 0 Å². The van der Waals surface area contributed by atoms with Gasteiger partial charge in [0.1, 0.15) is 6.04 Å². The first-order valence-electron chi connectivity index (χ1n) is 6.43. The number of rotatable bonds is 3. The van der Waals surface area contributed by atoms with Gasteiger partial charge in [-0.25, -0.2) is 4.79 Å². The molecule has 2 rings (SSSR count). The highest BCUT2D eigenvalue weighted by Crippen LogP contribution is 2.23. The van der Waals surface area contributed by atoms with Gasteiger partial charge in [0, 0.05) is 17.5 Å². The Hall–Kier alpha value is -1.14. The maximum atomic E-state index is 12.2. The summed E-state index contributed by atoms with van der Waals surface area (Å²) in [4.78, 5) is 26.6. The molecule has 1 amide bonds. The molecule has 0 N–H and O–H groups in total. The van der Waals surface area contributed by atoms with Gasteiger partial charge in [-0.3, -0.25) is 4.79 Å². The predicted molar refractivity (Wildman–Crippen MR) is 82.4 cm³/mol. The average molecular weight is 358 g/mol. The number of thiophene rings is 1. The van der Waals surface area contributed by atoms with E-state index in [1.807, 2.05) is 12.1 Å². The number of ether oxygens (including phenoxy) is 1. The highest BCUT2D eigenvalue weighted by Gasteiger charge is 2.31. The summed E-state index contributed by atoms with van der Waals surface area (Å²) in [5, 5.41) is 0. The van der Waals surface area contributed by atoms with E-state index < -0.39 is 6.04 Å². The van der Waals surface area contributed by atoms with E-state index in [9.17, 15) is 9.59 Å². The van der Waals surface area contributed by atoms with Crippen molar-refractivity contribution in [2.45, 2.75) is 25.3 Å². The fourth-order valence-electron chi connectivity index (χ4n) is 2.24. The minimum absolute atomic E-state index is 0.135. The third-order valence-corrected chi connectivity index (χ3v) is 4.83. The Morgan fingerprint density at radius 2 is 2.25 bits per heavy atom. The Morgan fingerprint density at radius 3 is 2.90 bits per heavy atom. The van der Waals surface area contributed by atoms with Gasteiger partial charge in [-0.05, 0) is 53.4 Å². The first-order chi connectivity index (χ1) is 9.61. The van der Waals surface area contributed by atoms with Crippen molar-refractivity contribution in [1.29, 1.82) is 0 Å². The predicted octanol–water partition coefficient (Wildman–Crippen LogP) is 3.08. The lowest BCUT2D eigenvalue weighted by Gasteiger charge is -2.32. The highest BCUT2D eigenvalue weighted by atomic mass is 79.9. The number of hydrogen-bond acceptors (Lipinski definition) is 4. The number of nitrogens with zero attached hydrogens (tertiary/aromatic N) is 1. The molecule has 0 bridgehead atoms. The average Bonchev–Trinajstić information content (AvgIpc) is 2.89. The summed E-state index contributed by atoms with van der Waals surface area (Å²) in [6.07, 6.45) is 5.86. The molecule has 0 aliphatic carbocycles. The topological polar surface area (TPSA) is 46.6 Å². The third-order valence-electron chi connectivity index (χ3n) is 3.24. The zero-order chi connectivity index (χ0) is 14.5. The Labute approximate surface area is 130 Å². The fraction of sp³-hybridized carbons (Fsp3) is 0.429. The van der Waals surface area contributed by atoms with Crippen LogP contribution in [-0.2, 0) is 14.3 Å². The van der Waals surface area contributed by atoms with Crippen molar-refractivity contribution in [2.24, 2.45) is 0 Å². The minimum Gasteiger partial charge on any atom is -0.467 e. The standard InChI is InChI=1S/C14H16BrNO3S/c1-19-14(18)11-4-2-3-9-16(11)13(17)8-6-10-5-7-12(15)20-10/h5-8,11H,2-4,9H2,1H3/b8-6+/t11-/m1/s1. The number of esters is 1. The van der Waals surface area contributed by atoms with Gasteiger partial charge in [-0.2, -0.15) is 0 Å². The number of amides is 1. The molecule has 0 unspecified atom stereocenters. The van der Waals surface area contributed by atoms with E-state index in [0.717, 1.165) is 21.5 Å². The second-order valence-electron chi connectivity index (χ2n) is 4.54. The van der Waals surface area contributed by atoms with E-state index in [2.05, 4.69) is 15.9 Å². The van der Waals surface area contributed by atoms with Crippen molar-refractivity contribution in [3.8, 4) is 0 Å². The fourth-order valence-corrected chi connectivity index (χ4v) is 3.57. The minimum atomic E-state index is -0.444. The Kier molecular flexibility index (Phi) is 5.37. The summed E-state index contributed by atoms with van der Waals surface area (Å²) in [6.45, 7) is 0.608. The lowest BCUT2D eigenvalue weighted by molar-refractivity contribution is -0.153. The van der Waals surface area contributed by atoms with Crippen LogP contribution in [0.1, 0.15) is 24.1 Å². The number of carbonyl (C=O) groups excluding carboxylic acids is 2. The Morgan fingerprint density at radius 1 is 1.45 bits per heavy atom. The van der Waals surface area contributed by atoms with E-state index in [1.165, 1.54) is 13.2 Å². The first kappa shape index (κ1) is 15.3. The molecule has 0 saturated carbocycles. The van der Waals surface area contributed by atoms with Crippen molar-refractivity contribution in [2.75, 3.05) is 13.7 Å². The molecule has 1 aliphatic rings. The molecular weight excluding hydrogens is 342 g/mol. The summed E-state index contributed by atoms with van der Waals surface area (Å²) in [7, 11) is 1.36. The number of piperidine rings is 1. The number of carbonyl (C=O) groups is 2. The van der Waals surface area contributed by atoms with Crippen LogP contribution < -0.4 is 0 Å². The van der Waals surface area contributed by atoms with Crippen LogP contribution in [0.25, 0.3) is 6.08 Å². The molecule has 0 radical (unpaired) electrons. The van der Waals surface area contributed by atoms with E-state index in [1.54, 1.807) is 22.3 Å². The summed E-state index contributed by atoms with van der Waals surface area (Å²) in [5.41, 5.74) is 0. The van der Waals surface area contributed by atoms with Gasteiger partial charge in [0.2, 0.25) is 5.91 Å². The Balaban J connectivity index is 2.06. The van der Waals surface area contributed by atoms with Crippen LogP contribution in [0, 0.1) is 0 Å². The van der Waals surface area contributed by atoms with Crippen molar-refractivity contribution in [3.63, 3.8) is 0 Å². The van der Waals surface area contributed by atoms with Crippen LogP contribution in [0.5, 0.6) is 0 Å². The zero-order valence-corrected chi connectivity index (χ0v) is 13.6. The van der Waals surface area contributed by atoms with Gasteiger partial charge in [-0.1, -0.05) is 0 Å². The molecule has 1 fully saturated rings. The van der Waals surface area contributed by atoms with Gasteiger partial charge in [0.05, 0.1) is 10.9 Å². The molecule has 108 valence electrons. The molecule has 1 saturated heterocycles. The van der Waals surface area contributed by atoms with Crippen LogP contribution in [-0.4, -0.2) is 36.5 Å². The van der Waals surface area contributed by atoms with Crippen molar-refractivity contribution in [1.82, 2.24) is 4.90 Å². The maximum absolute atomic E-state index is 12.2. The van der Waals surface area contributed by atoms with Gasteiger partial charge in [0.25, 0.3) is 0 Å². The SMILES string of the molecule is COC(=O)[C@H]1CCCCN1C(=O)/C=C/c1ccc(Br)s1. The summed E-state index contributed by atoms with van der Waals surface area (Å²) in [6, 6.07) is 3.43.